The Bertz CT molecular complexity index is 1080. The minimum absolute atomic E-state index is 0.00190. The summed E-state index contributed by atoms with van der Waals surface area (Å²) in [6, 6.07) is 11.5. The normalized spacial score (nSPS) is 11.1. The van der Waals surface area contributed by atoms with Crippen molar-refractivity contribution in [3.63, 3.8) is 0 Å². The summed E-state index contributed by atoms with van der Waals surface area (Å²) < 4.78 is 0.884. The molecule has 0 spiro atoms. The first kappa shape index (κ1) is 18.4. The lowest BCUT2D eigenvalue weighted by Gasteiger charge is -2.27. The third kappa shape index (κ3) is 3.36. The standard InChI is InChI=1S/C20H21N3O4/c1-12(2)22(11-14-8-5-4-7-13(14)3)20(27)23-18(24)17-15(19(25)26)9-6-10-16(17)21-23/h4-10,12,21H,11H2,1-3H3,(H,25,26). The number of hydrogen-bond donors (Lipinski definition) is 2. The van der Waals surface area contributed by atoms with E-state index >= 15 is 0 Å². The van der Waals surface area contributed by atoms with Gasteiger partial charge in [-0.25, -0.2) is 9.59 Å². The average molecular weight is 367 g/mol. The first-order valence-electron chi connectivity index (χ1n) is 8.63. The van der Waals surface area contributed by atoms with Crippen molar-refractivity contribution < 1.29 is 14.7 Å². The molecule has 7 heteroatoms. The van der Waals surface area contributed by atoms with Crippen LogP contribution in [0.5, 0.6) is 0 Å². The number of rotatable bonds is 4. The van der Waals surface area contributed by atoms with Gasteiger partial charge in [-0.1, -0.05) is 30.3 Å². The van der Waals surface area contributed by atoms with Crippen molar-refractivity contribution in [2.75, 3.05) is 0 Å². The summed E-state index contributed by atoms with van der Waals surface area (Å²) in [5.74, 6) is -1.21. The Morgan fingerprint density at radius 3 is 2.48 bits per heavy atom. The molecule has 2 aromatic carbocycles. The third-order valence-electron chi connectivity index (χ3n) is 4.61. The molecule has 3 rings (SSSR count). The molecule has 140 valence electrons. The van der Waals surface area contributed by atoms with E-state index in [0.717, 1.165) is 15.8 Å². The summed E-state index contributed by atoms with van der Waals surface area (Å²) in [6.45, 7) is 6.04. The molecule has 27 heavy (non-hydrogen) atoms. The minimum Gasteiger partial charge on any atom is -0.478 e. The van der Waals surface area contributed by atoms with Gasteiger partial charge in [-0.2, -0.15) is 4.68 Å². The fraction of sp³-hybridized carbons (Fsp3) is 0.250. The number of carbonyl (C=O) groups excluding carboxylic acids is 1. The lowest BCUT2D eigenvalue weighted by atomic mass is 10.1. The molecular weight excluding hydrogens is 346 g/mol. The van der Waals surface area contributed by atoms with E-state index in [2.05, 4.69) is 5.10 Å². The number of fused-ring (bicyclic) bond motifs is 1. The minimum atomic E-state index is -1.21. The van der Waals surface area contributed by atoms with Crippen LogP contribution >= 0.6 is 0 Å². The maximum atomic E-state index is 13.1. The van der Waals surface area contributed by atoms with Crippen LogP contribution in [-0.4, -0.2) is 37.8 Å². The molecule has 0 aliphatic carbocycles. The highest BCUT2D eigenvalue weighted by atomic mass is 16.4. The Morgan fingerprint density at radius 2 is 1.85 bits per heavy atom. The number of aryl methyl sites for hydroxylation is 1. The van der Waals surface area contributed by atoms with E-state index in [-0.39, 0.29) is 17.0 Å². The molecule has 1 heterocycles. The van der Waals surface area contributed by atoms with Crippen LogP contribution in [0.15, 0.2) is 47.3 Å². The fourth-order valence-corrected chi connectivity index (χ4v) is 3.04. The van der Waals surface area contributed by atoms with E-state index in [4.69, 9.17) is 0 Å². The average Bonchev–Trinajstić information content (AvgIpc) is 2.97. The highest BCUT2D eigenvalue weighted by molar-refractivity contribution is 6.03. The van der Waals surface area contributed by atoms with Gasteiger partial charge in [0, 0.05) is 12.6 Å². The highest BCUT2D eigenvalue weighted by Crippen LogP contribution is 2.16. The van der Waals surface area contributed by atoms with Crippen LogP contribution in [0.1, 0.15) is 35.3 Å². The first-order valence-corrected chi connectivity index (χ1v) is 8.63. The molecule has 0 aliphatic rings. The monoisotopic (exact) mass is 367 g/mol. The van der Waals surface area contributed by atoms with Crippen molar-refractivity contribution in [1.82, 2.24) is 14.7 Å². The molecule has 0 unspecified atom stereocenters. The maximum absolute atomic E-state index is 13.1. The van der Waals surface area contributed by atoms with E-state index in [1.54, 1.807) is 11.0 Å². The zero-order valence-corrected chi connectivity index (χ0v) is 15.4. The Hall–Kier alpha value is -3.35. The molecule has 1 aromatic heterocycles. The number of carbonyl (C=O) groups is 2. The molecular formula is C20H21N3O4. The quantitative estimate of drug-likeness (QED) is 0.740. The summed E-state index contributed by atoms with van der Waals surface area (Å²) in [6.07, 6.45) is 0. The molecule has 0 saturated heterocycles. The number of hydrogen-bond acceptors (Lipinski definition) is 3. The van der Waals surface area contributed by atoms with Gasteiger partial charge < -0.3 is 10.0 Å². The van der Waals surface area contributed by atoms with Gasteiger partial charge >= 0.3 is 12.0 Å². The van der Waals surface area contributed by atoms with Crippen LogP contribution in [0.2, 0.25) is 0 Å². The van der Waals surface area contributed by atoms with Gasteiger partial charge in [0.1, 0.15) is 0 Å². The van der Waals surface area contributed by atoms with Gasteiger partial charge in [0.15, 0.2) is 0 Å². The third-order valence-corrected chi connectivity index (χ3v) is 4.61. The number of nitrogens with zero attached hydrogens (tertiary/aromatic N) is 2. The molecule has 3 aromatic rings. The topological polar surface area (TPSA) is 95.4 Å². The summed E-state index contributed by atoms with van der Waals surface area (Å²) in [7, 11) is 0. The summed E-state index contributed by atoms with van der Waals surface area (Å²) in [5, 5.41) is 12.1. The van der Waals surface area contributed by atoms with E-state index in [1.807, 2.05) is 45.0 Å². The summed E-state index contributed by atoms with van der Waals surface area (Å²) in [5.41, 5.74) is 1.55. The van der Waals surface area contributed by atoms with Crippen LogP contribution in [0.3, 0.4) is 0 Å². The van der Waals surface area contributed by atoms with Crippen LogP contribution in [0.4, 0.5) is 4.79 Å². The molecule has 0 radical (unpaired) electrons. The van der Waals surface area contributed by atoms with Gasteiger partial charge in [0.25, 0.3) is 5.56 Å². The molecule has 0 atom stereocenters. The second kappa shape index (κ2) is 7.11. The van der Waals surface area contributed by atoms with E-state index in [0.29, 0.717) is 12.1 Å². The maximum Gasteiger partial charge on any atom is 0.346 e. The number of nitrogens with one attached hydrogen (secondary N) is 1. The Morgan fingerprint density at radius 1 is 1.15 bits per heavy atom. The largest absolute Gasteiger partial charge is 0.478 e. The zero-order chi connectivity index (χ0) is 19.7. The number of aromatic carboxylic acids is 1. The van der Waals surface area contributed by atoms with Gasteiger partial charge in [-0.05, 0) is 44.0 Å². The number of aromatic amines is 1. The van der Waals surface area contributed by atoms with E-state index in [1.165, 1.54) is 12.1 Å². The van der Waals surface area contributed by atoms with Gasteiger partial charge in [-0.15, -0.1) is 0 Å². The second-order valence-corrected chi connectivity index (χ2v) is 6.72. The Balaban J connectivity index is 2.06. The summed E-state index contributed by atoms with van der Waals surface area (Å²) >= 11 is 0. The molecule has 0 bridgehead atoms. The number of amides is 1. The number of carboxylic acids is 1. The first-order chi connectivity index (χ1) is 12.8. The highest BCUT2D eigenvalue weighted by Gasteiger charge is 2.24. The second-order valence-electron chi connectivity index (χ2n) is 6.72. The predicted octanol–water partition coefficient (Wildman–Crippen LogP) is 3.21. The zero-order valence-electron chi connectivity index (χ0n) is 15.4. The smallest absolute Gasteiger partial charge is 0.346 e. The van der Waals surface area contributed by atoms with Crippen molar-refractivity contribution in [3.05, 3.63) is 69.5 Å². The number of aromatic nitrogens is 2. The van der Waals surface area contributed by atoms with Crippen molar-refractivity contribution >= 4 is 22.9 Å². The Kier molecular flexibility index (Phi) is 4.85. The fourth-order valence-electron chi connectivity index (χ4n) is 3.04. The predicted molar refractivity (Wildman–Crippen MR) is 102 cm³/mol. The number of carboxylic acid groups (broad SMARTS) is 1. The lowest BCUT2D eigenvalue weighted by molar-refractivity contribution is 0.0699. The molecule has 0 saturated carbocycles. The molecule has 1 amide bonds. The van der Waals surface area contributed by atoms with Gasteiger partial charge in [0.2, 0.25) is 0 Å². The van der Waals surface area contributed by atoms with Crippen molar-refractivity contribution in [1.29, 1.82) is 0 Å². The molecule has 7 nitrogen and oxygen atoms in total. The van der Waals surface area contributed by atoms with Crippen molar-refractivity contribution in [2.24, 2.45) is 0 Å². The van der Waals surface area contributed by atoms with E-state index < -0.39 is 17.6 Å². The summed E-state index contributed by atoms with van der Waals surface area (Å²) in [4.78, 5) is 38.8. The van der Waals surface area contributed by atoms with Crippen molar-refractivity contribution in [2.45, 2.75) is 33.4 Å². The van der Waals surface area contributed by atoms with Crippen LogP contribution in [0, 0.1) is 6.92 Å². The van der Waals surface area contributed by atoms with Crippen molar-refractivity contribution in [3.8, 4) is 0 Å². The Labute approximate surface area is 155 Å². The van der Waals surface area contributed by atoms with Crippen LogP contribution in [-0.2, 0) is 6.54 Å². The molecule has 2 N–H and O–H groups in total. The number of benzene rings is 2. The molecule has 0 fully saturated rings. The SMILES string of the molecule is Cc1ccccc1CN(C(=O)n1[nH]c2cccc(C(=O)O)c2c1=O)C(C)C. The lowest BCUT2D eigenvalue weighted by Crippen LogP contribution is -2.43. The van der Waals surface area contributed by atoms with Gasteiger partial charge in [-0.3, -0.25) is 9.89 Å². The molecule has 0 aliphatic heterocycles. The van der Waals surface area contributed by atoms with Crippen LogP contribution < -0.4 is 5.56 Å². The number of H-pyrrole nitrogens is 1. The van der Waals surface area contributed by atoms with E-state index in [9.17, 15) is 19.5 Å². The van der Waals surface area contributed by atoms with Gasteiger partial charge in [0.05, 0.1) is 16.5 Å². The van der Waals surface area contributed by atoms with Crippen LogP contribution in [0.25, 0.3) is 10.9 Å².